The van der Waals surface area contributed by atoms with Crippen molar-refractivity contribution in [1.82, 2.24) is 0 Å². The Bertz CT molecular complexity index is 226. The summed E-state index contributed by atoms with van der Waals surface area (Å²) in [5.74, 6) is 0.302. The summed E-state index contributed by atoms with van der Waals surface area (Å²) in [7, 11) is 0. The van der Waals surface area contributed by atoms with Gasteiger partial charge in [-0.05, 0) is 5.56 Å². The first kappa shape index (κ1) is 11.9. The van der Waals surface area contributed by atoms with E-state index in [1.165, 1.54) is 0 Å². The van der Waals surface area contributed by atoms with Crippen molar-refractivity contribution in [2.45, 2.75) is 33.6 Å². The number of rotatable bonds is 3. The summed E-state index contributed by atoms with van der Waals surface area (Å²) in [4.78, 5) is 11.0. The highest BCUT2D eigenvalue weighted by Gasteiger charge is 1.98. The van der Waals surface area contributed by atoms with Gasteiger partial charge in [-0.25, -0.2) is 0 Å². The molecule has 1 heteroatoms. The Balaban J connectivity index is 0.000000671. The van der Waals surface area contributed by atoms with Crippen molar-refractivity contribution in [3.63, 3.8) is 0 Å². The minimum absolute atomic E-state index is 0.302. The van der Waals surface area contributed by atoms with Crippen LogP contribution >= 0.6 is 0 Å². The Labute approximate surface area is 80.8 Å². The van der Waals surface area contributed by atoms with Crippen LogP contribution in [0.4, 0.5) is 0 Å². The largest absolute Gasteiger partial charge is 0.299 e. The van der Waals surface area contributed by atoms with E-state index in [-0.39, 0.29) is 0 Å². The second-order valence-corrected chi connectivity index (χ2v) is 2.55. The normalized spacial score (nSPS) is 8.54. The Morgan fingerprint density at radius 3 is 2.15 bits per heavy atom. The average molecular weight is 178 g/mol. The fourth-order valence-corrected chi connectivity index (χ4v) is 0.949. The summed E-state index contributed by atoms with van der Waals surface area (Å²) in [6.45, 7) is 5.89. The van der Waals surface area contributed by atoms with E-state index in [0.717, 1.165) is 5.56 Å². The van der Waals surface area contributed by atoms with E-state index in [1.807, 2.05) is 51.1 Å². The van der Waals surface area contributed by atoms with Crippen LogP contribution in [0, 0.1) is 0 Å². The van der Waals surface area contributed by atoms with Crippen LogP contribution in [0.2, 0.25) is 0 Å². The van der Waals surface area contributed by atoms with Crippen LogP contribution in [-0.4, -0.2) is 5.78 Å². The molecule has 0 aliphatic heterocycles. The van der Waals surface area contributed by atoms with Crippen molar-refractivity contribution in [1.29, 1.82) is 0 Å². The molecule has 0 aliphatic rings. The Hall–Kier alpha value is -1.11. The molecule has 0 spiro atoms. The maximum Gasteiger partial charge on any atom is 0.136 e. The number of hydrogen-bond acceptors (Lipinski definition) is 1. The molecule has 0 N–H and O–H groups in total. The number of hydrogen-bond donors (Lipinski definition) is 0. The lowest BCUT2D eigenvalue weighted by molar-refractivity contribution is -0.118. The highest BCUT2D eigenvalue weighted by Crippen LogP contribution is 2.00. The predicted molar refractivity (Wildman–Crippen MR) is 56.8 cm³/mol. The number of Topliss-reactive ketones (excluding diaryl/α,β-unsaturated/α-hetero) is 1. The molecule has 0 amide bonds. The second-order valence-electron chi connectivity index (χ2n) is 2.55. The fourth-order valence-electron chi connectivity index (χ4n) is 0.949. The molecule has 13 heavy (non-hydrogen) atoms. The van der Waals surface area contributed by atoms with Gasteiger partial charge in [-0.3, -0.25) is 4.79 Å². The first-order chi connectivity index (χ1) is 6.33. The van der Waals surface area contributed by atoms with Gasteiger partial charge in [-0.1, -0.05) is 51.1 Å². The molecule has 0 unspecified atom stereocenters. The lowest BCUT2D eigenvalue weighted by Crippen LogP contribution is -1.99. The summed E-state index contributed by atoms with van der Waals surface area (Å²) in [5, 5.41) is 0. The van der Waals surface area contributed by atoms with E-state index >= 15 is 0 Å². The summed E-state index contributed by atoms with van der Waals surface area (Å²) >= 11 is 0. The zero-order valence-corrected chi connectivity index (χ0v) is 8.71. The van der Waals surface area contributed by atoms with Crippen LogP contribution in [-0.2, 0) is 11.2 Å². The third kappa shape index (κ3) is 5.18. The van der Waals surface area contributed by atoms with Gasteiger partial charge in [0.25, 0.3) is 0 Å². The first-order valence-corrected chi connectivity index (χ1v) is 4.88. The minimum Gasteiger partial charge on any atom is -0.299 e. The average Bonchev–Trinajstić information content (AvgIpc) is 2.22. The Kier molecular flexibility index (Phi) is 6.89. The molecule has 0 saturated carbocycles. The van der Waals surface area contributed by atoms with Crippen LogP contribution in [0.1, 0.15) is 32.8 Å². The quantitative estimate of drug-likeness (QED) is 0.694. The van der Waals surface area contributed by atoms with Crippen molar-refractivity contribution >= 4 is 5.78 Å². The number of ketones is 1. The molecule has 0 radical (unpaired) electrons. The van der Waals surface area contributed by atoms with Gasteiger partial charge in [0.1, 0.15) is 5.78 Å². The van der Waals surface area contributed by atoms with E-state index in [4.69, 9.17) is 0 Å². The zero-order chi connectivity index (χ0) is 10.1. The van der Waals surface area contributed by atoms with E-state index in [0.29, 0.717) is 18.6 Å². The molecule has 0 aromatic heterocycles. The molecule has 0 aliphatic carbocycles. The van der Waals surface area contributed by atoms with Crippen LogP contribution < -0.4 is 0 Å². The van der Waals surface area contributed by atoms with Gasteiger partial charge >= 0.3 is 0 Å². The van der Waals surface area contributed by atoms with Gasteiger partial charge < -0.3 is 0 Å². The summed E-state index contributed by atoms with van der Waals surface area (Å²) in [6.07, 6.45) is 1.21. The van der Waals surface area contributed by atoms with Crippen molar-refractivity contribution in [3.05, 3.63) is 35.9 Å². The number of carbonyl (C=O) groups excluding carboxylic acids is 1. The fraction of sp³-hybridized carbons (Fsp3) is 0.417. The molecule has 1 aromatic carbocycles. The van der Waals surface area contributed by atoms with Gasteiger partial charge in [0.05, 0.1) is 0 Å². The van der Waals surface area contributed by atoms with Crippen LogP contribution in [0.25, 0.3) is 0 Å². The van der Waals surface area contributed by atoms with Gasteiger partial charge in [0.2, 0.25) is 0 Å². The molecule has 1 nitrogen and oxygen atoms in total. The summed E-state index contributed by atoms with van der Waals surface area (Å²) in [6, 6.07) is 9.83. The topological polar surface area (TPSA) is 17.1 Å². The van der Waals surface area contributed by atoms with Crippen LogP contribution in [0.5, 0.6) is 0 Å². The molecule has 0 saturated heterocycles. The molecule has 1 aromatic rings. The van der Waals surface area contributed by atoms with E-state index < -0.39 is 0 Å². The van der Waals surface area contributed by atoms with Gasteiger partial charge in [-0.2, -0.15) is 0 Å². The molecule has 0 bridgehead atoms. The van der Waals surface area contributed by atoms with Gasteiger partial charge in [-0.15, -0.1) is 0 Å². The molecule has 72 valence electrons. The Morgan fingerprint density at radius 2 is 1.69 bits per heavy atom. The first-order valence-electron chi connectivity index (χ1n) is 4.88. The third-order valence-corrected chi connectivity index (χ3v) is 1.64. The second kappa shape index (κ2) is 7.53. The molecule has 0 heterocycles. The highest BCUT2D eigenvalue weighted by atomic mass is 16.1. The maximum atomic E-state index is 11.0. The monoisotopic (exact) mass is 178 g/mol. The Morgan fingerprint density at radius 1 is 1.15 bits per heavy atom. The summed E-state index contributed by atoms with van der Waals surface area (Å²) in [5.41, 5.74) is 1.11. The molecule has 0 fully saturated rings. The molecule has 0 atom stereocenters. The molecular weight excluding hydrogens is 160 g/mol. The predicted octanol–water partition coefficient (Wildman–Crippen LogP) is 3.23. The van der Waals surface area contributed by atoms with Crippen molar-refractivity contribution in [2.75, 3.05) is 0 Å². The van der Waals surface area contributed by atoms with Gasteiger partial charge in [0.15, 0.2) is 0 Å². The van der Waals surface area contributed by atoms with E-state index in [2.05, 4.69) is 0 Å². The lowest BCUT2D eigenvalue weighted by Gasteiger charge is -1.96. The standard InChI is InChI=1S/C10H12O.C2H6/c1-2-10(11)8-9-6-4-3-5-7-9;1-2/h3-7H,2,8H2,1H3;1-2H3. The molecule has 1 rings (SSSR count). The van der Waals surface area contributed by atoms with Crippen molar-refractivity contribution in [3.8, 4) is 0 Å². The van der Waals surface area contributed by atoms with E-state index in [9.17, 15) is 4.79 Å². The summed E-state index contributed by atoms with van der Waals surface area (Å²) < 4.78 is 0. The maximum absolute atomic E-state index is 11.0. The molecular formula is C12H18O. The van der Waals surface area contributed by atoms with Crippen molar-refractivity contribution < 1.29 is 4.79 Å². The highest BCUT2D eigenvalue weighted by molar-refractivity contribution is 5.80. The number of benzene rings is 1. The van der Waals surface area contributed by atoms with Crippen LogP contribution in [0.3, 0.4) is 0 Å². The zero-order valence-electron chi connectivity index (χ0n) is 8.71. The third-order valence-electron chi connectivity index (χ3n) is 1.64. The SMILES string of the molecule is CC.CCC(=O)Cc1ccccc1. The van der Waals surface area contributed by atoms with Crippen molar-refractivity contribution in [2.24, 2.45) is 0 Å². The lowest BCUT2D eigenvalue weighted by atomic mass is 10.1. The smallest absolute Gasteiger partial charge is 0.136 e. The van der Waals surface area contributed by atoms with Gasteiger partial charge in [0, 0.05) is 12.8 Å². The number of carbonyl (C=O) groups is 1. The minimum atomic E-state index is 0.302. The van der Waals surface area contributed by atoms with E-state index in [1.54, 1.807) is 0 Å². The van der Waals surface area contributed by atoms with Crippen LogP contribution in [0.15, 0.2) is 30.3 Å².